The molecular formula is C22H25N3O9S2. The number of carbonyl (C=O) groups is 6. The zero-order valence-electron chi connectivity index (χ0n) is 19.8. The summed E-state index contributed by atoms with van der Waals surface area (Å²) in [5, 5.41) is 16.9. The van der Waals surface area contributed by atoms with Gasteiger partial charge in [-0.25, -0.2) is 4.79 Å². The highest BCUT2D eigenvalue weighted by Gasteiger charge is 2.55. The van der Waals surface area contributed by atoms with Gasteiger partial charge in [0, 0.05) is 18.2 Å². The topological polar surface area (TPSA) is 168 Å². The Hall–Kier alpha value is -3.39. The molecule has 0 bridgehead atoms. The quantitative estimate of drug-likeness (QED) is 0.132. The van der Waals surface area contributed by atoms with Crippen molar-refractivity contribution in [1.29, 1.82) is 0 Å². The van der Waals surface area contributed by atoms with Crippen molar-refractivity contribution < 1.29 is 43.3 Å². The van der Waals surface area contributed by atoms with Crippen LogP contribution in [0.3, 0.4) is 0 Å². The number of ether oxygens (including phenoxy) is 2. The number of hydrogen-bond acceptors (Lipinski definition) is 10. The number of β-lactam (4-membered cyclic amide) rings is 1. The van der Waals surface area contributed by atoms with E-state index >= 15 is 0 Å². The molecule has 3 N–H and O–H groups in total. The minimum Gasteiger partial charge on any atom is -0.480 e. The summed E-state index contributed by atoms with van der Waals surface area (Å²) in [5.41, 5.74) is -0.915. The smallest absolute Gasteiger partial charge is 0.355 e. The van der Waals surface area contributed by atoms with Crippen LogP contribution in [-0.2, 0) is 38.2 Å². The molecule has 2 aliphatic heterocycles. The number of nitrogens with one attached hydrogen (secondary N) is 2. The summed E-state index contributed by atoms with van der Waals surface area (Å²) in [4.78, 5) is 74.9. The molecule has 12 nitrogen and oxygen atoms in total. The molecule has 3 amide bonds. The number of nitrogens with zero attached hydrogens (tertiary/aromatic N) is 1. The monoisotopic (exact) mass is 539 g/mol. The van der Waals surface area contributed by atoms with Gasteiger partial charge in [0.15, 0.2) is 5.92 Å². The van der Waals surface area contributed by atoms with Gasteiger partial charge in [0.2, 0.25) is 18.5 Å². The number of carboxylic acids is 1. The molecule has 0 spiro atoms. The first-order valence-corrected chi connectivity index (χ1v) is 12.7. The van der Waals surface area contributed by atoms with E-state index in [-0.39, 0.29) is 22.6 Å². The summed E-state index contributed by atoms with van der Waals surface area (Å²) in [6.07, 6.45) is -1.18. The summed E-state index contributed by atoms with van der Waals surface area (Å²) < 4.78 is 10.8. The Bertz CT molecular complexity index is 1110. The Kier molecular flexibility index (Phi) is 8.09. The van der Waals surface area contributed by atoms with Gasteiger partial charge in [0.1, 0.15) is 22.7 Å². The summed E-state index contributed by atoms with van der Waals surface area (Å²) >= 11 is 2.37. The van der Waals surface area contributed by atoms with E-state index in [9.17, 15) is 33.9 Å². The molecule has 194 valence electrons. The average Bonchev–Trinajstić information content (AvgIpc) is 3.28. The molecule has 0 aromatic carbocycles. The van der Waals surface area contributed by atoms with Gasteiger partial charge in [-0.05, 0) is 43.2 Å². The van der Waals surface area contributed by atoms with Gasteiger partial charge < -0.3 is 25.2 Å². The first-order chi connectivity index (χ1) is 16.9. The zero-order chi connectivity index (χ0) is 26.8. The molecule has 0 saturated carbocycles. The number of fused-ring (bicyclic) bond motifs is 1. The number of rotatable bonds is 9. The number of esters is 2. The number of carbonyl (C=O) groups excluding carboxylic acids is 5. The molecule has 36 heavy (non-hydrogen) atoms. The van der Waals surface area contributed by atoms with Crippen molar-refractivity contribution in [2.75, 3.05) is 5.75 Å². The van der Waals surface area contributed by atoms with Crippen LogP contribution in [-0.4, -0.2) is 75.1 Å². The second-order valence-corrected chi connectivity index (χ2v) is 10.8. The standard InChI is InChI=1S/C22H25N3O9S2/c1-10(27)33-17(24-16(28)13(20(30)31)11-5-6-35-7-11)12-8-36-19-14(23-9-26)18(29)25(19)15(12)21(32)34-22(2,3)4/h5-7,9,13-14,17,19H,8H2,1-4H3,(H,23,26)(H,24,28)(H,30,31)/t13?,14-,17?,19-/m1/s1. The van der Waals surface area contributed by atoms with Crippen LogP contribution in [0, 0.1) is 0 Å². The number of thioether (sulfide) groups is 1. The van der Waals surface area contributed by atoms with Crippen LogP contribution >= 0.6 is 23.1 Å². The predicted molar refractivity (Wildman–Crippen MR) is 127 cm³/mol. The van der Waals surface area contributed by atoms with Crippen molar-refractivity contribution in [3.63, 3.8) is 0 Å². The van der Waals surface area contributed by atoms with Gasteiger partial charge in [-0.2, -0.15) is 11.3 Å². The normalized spacial score (nSPS) is 20.9. The van der Waals surface area contributed by atoms with Crippen LogP contribution < -0.4 is 10.6 Å². The van der Waals surface area contributed by atoms with Gasteiger partial charge in [0.25, 0.3) is 5.91 Å². The summed E-state index contributed by atoms with van der Waals surface area (Å²) in [6.45, 7) is 5.95. The maximum Gasteiger partial charge on any atom is 0.355 e. The largest absolute Gasteiger partial charge is 0.480 e. The van der Waals surface area contributed by atoms with Gasteiger partial charge in [0.05, 0.1) is 0 Å². The van der Waals surface area contributed by atoms with Gasteiger partial charge in [-0.15, -0.1) is 11.8 Å². The first-order valence-electron chi connectivity index (χ1n) is 10.7. The molecule has 1 saturated heterocycles. The van der Waals surface area contributed by atoms with Crippen LogP contribution in [0.4, 0.5) is 0 Å². The average molecular weight is 540 g/mol. The molecule has 4 atom stereocenters. The highest BCUT2D eigenvalue weighted by atomic mass is 32.2. The van der Waals surface area contributed by atoms with Gasteiger partial charge in [-0.3, -0.25) is 28.9 Å². The Morgan fingerprint density at radius 3 is 2.50 bits per heavy atom. The van der Waals surface area contributed by atoms with Crippen LogP contribution in [0.5, 0.6) is 0 Å². The molecule has 1 aromatic rings. The molecule has 3 heterocycles. The Balaban J connectivity index is 2.03. The first kappa shape index (κ1) is 27.2. The number of hydrogen-bond donors (Lipinski definition) is 3. The second kappa shape index (κ2) is 10.7. The lowest BCUT2D eigenvalue weighted by molar-refractivity contribution is -0.159. The summed E-state index contributed by atoms with van der Waals surface area (Å²) in [5.74, 6) is -6.31. The van der Waals surface area contributed by atoms with Crippen molar-refractivity contribution in [2.24, 2.45) is 0 Å². The van der Waals surface area contributed by atoms with Crippen LogP contribution in [0.15, 0.2) is 28.1 Å². The molecule has 0 radical (unpaired) electrons. The lowest BCUT2D eigenvalue weighted by atomic mass is 10.00. The molecule has 1 fully saturated rings. The fraction of sp³-hybridized carbons (Fsp3) is 0.455. The number of aliphatic carboxylic acids is 1. The van der Waals surface area contributed by atoms with Crippen molar-refractivity contribution in [3.05, 3.63) is 33.7 Å². The fourth-order valence-electron chi connectivity index (χ4n) is 3.66. The summed E-state index contributed by atoms with van der Waals surface area (Å²) in [7, 11) is 0. The third-order valence-corrected chi connectivity index (χ3v) is 7.10. The van der Waals surface area contributed by atoms with E-state index in [0.29, 0.717) is 6.41 Å². The minimum absolute atomic E-state index is 0.00841. The van der Waals surface area contributed by atoms with Gasteiger partial charge >= 0.3 is 17.9 Å². The number of thiophene rings is 1. The maximum absolute atomic E-state index is 13.2. The molecule has 14 heteroatoms. The van der Waals surface area contributed by atoms with E-state index in [1.165, 1.54) is 34.5 Å². The van der Waals surface area contributed by atoms with E-state index in [4.69, 9.17) is 9.47 Å². The highest BCUT2D eigenvalue weighted by molar-refractivity contribution is 8.00. The molecule has 3 rings (SSSR count). The maximum atomic E-state index is 13.2. The zero-order valence-corrected chi connectivity index (χ0v) is 21.4. The fourth-order valence-corrected chi connectivity index (χ4v) is 5.74. The summed E-state index contributed by atoms with van der Waals surface area (Å²) in [6, 6.07) is 0.609. The van der Waals surface area contributed by atoms with E-state index in [1.54, 1.807) is 26.2 Å². The van der Waals surface area contributed by atoms with Crippen LogP contribution in [0.1, 0.15) is 39.2 Å². The van der Waals surface area contributed by atoms with E-state index in [2.05, 4.69) is 10.6 Å². The minimum atomic E-state index is -1.60. The van der Waals surface area contributed by atoms with E-state index in [0.717, 1.165) is 11.8 Å². The molecule has 0 aliphatic carbocycles. The lowest BCUT2D eigenvalue weighted by Gasteiger charge is -2.50. The van der Waals surface area contributed by atoms with Crippen molar-refractivity contribution >= 4 is 59.2 Å². The van der Waals surface area contributed by atoms with Crippen LogP contribution in [0.25, 0.3) is 0 Å². The third kappa shape index (κ3) is 5.70. The lowest BCUT2D eigenvalue weighted by Crippen LogP contribution is -2.70. The van der Waals surface area contributed by atoms with Crippen molar-refractivity contribution in [1.82, 2.24) is 15.5 Å². The van der Waals surface area contributed by atoms with Gasteiger partial charge in [-0.1, -0.05) is 0 Å². The van der Waals surface area contributed by atoms with Crippen molar-refractivity contribution in [2.45, 2.75) is 56.9 Å². The Morgan fingerprint density at radius 1 is 1.28 bits per heavy atom. The van der Waals surface area contributed by atoms with E-state index in [1.807, 2.05) is 0 Å². The number of carboxylic acid groups (broad SMARTS) is 1. The predicted octanol–water partition coefficient (Wildman–Crippen LogP) is 0.547. The molecule has 1 aromatic heterocycles. The Labute approximate surface area is 214 Å². The highest BCUT2D eigenvalue weighted by Crippen LogP contribution is 2.42. The Morgan fingerprint density at radius 2 is 1.97 bits per heavy atom. The second-order valence-electron chi connectivity index (χ2n) is 8.87. The third-order valence-electron chi connectivity index (χ3n) is 5.10. The molecular weight excluding hydrogens is 514 g/mol. The molecule has 2 aliphatic rings. The number of amides is 3. The van der Waals surface area contributed by atoms with Crippen molar-refractivity contribution in [3.8, 4) is 0 Å². The molecule has 2 unspecified atom stereocenters. The SMILES string of the molecule is CC(=O)OC(NC(=O)C(C(=O)O)c1ccsc1)C1=C(C(=O)OC(C)(C)C)N2C(=O)[C@@H](NC=O)[C@H]2SC1. The van der Waals surface area contributed by atoms with E-state index < -0.39 is 58.9 Å². The van der Waals surface area contributed by atoms with Crippen LogP contribution in [0.2, 0.25) is 0 Å².